The van der Waals surface area contributed by atoms with Gasteiger partial charge in [0.25, 0.3) is 0 Å². The second-order valence-electron chi connectivity index (χ2n) is 9.01. The van der Waals surface area contributed by atoms with E-state index in [1.807, 2.05) is 0 Å². The highest BCUT2D eigenvalue weighted by molar-refractivity contribution is 8.00. The molecule has 3 amide bonds. The molecule has 2 aliphatic rings. The Kier molecular flexibility index (Phi) is 17.8. The molecule has 0 bridgehead atoms. The predicted octanol–water partition coefficient (Wildman–Crippen LogP) is 0.489. The Morgan fingerprint density at radius 3 is 1.97 bits per heavy atom. The molecular weight excluding hydrogens is 502 g/mol. The van der Waals surface area contributed by atoms with Gasteiger partial charge in [0.1, 0.15) is 0 Å². The Balaban J connectivity index is 1.26. The monoisotopic (exact) mass is 547 g/mol. The predicted molar refractivity (Wildman–Crippen MR) is 140 cm³/mol. The molecule has 0 aromatic carbocycles. The van der Waals surface area contributed by atoms with E-state index in [1.165, 1.54) is 0 Å². The van der Waals surface area contributed by atoms with E-state index >= 15 is 0 Å². The van der Waals surface area contributed by atoms with Crippen LogP contribution in [0.25, 0.3) is 0 Å². The summed E-state index contributed by atoms with van der Waals surface area (Å²) in [7, 11) is 0. The van der Waals surface area contributed by atoms with E-state index in [4.69, 9.17) is 29.4 Å². The zero-order valence-corrected chi connectivity index (χ0v) is 22.7. The maximum atomic E-state index is 12.0. The summed E-state index contributed by atoms with van der Waals surface area (Å²) >= 11 is 1.71. The van der Waals surface area contributed by atoms with Crippen molar-refractivity contribution in [3.05, 3.63) is 0 Å². The Bertz CT molecular complexity index is 657. The molecule has 37 heavy (non-hydrogen) atoms. The fourth-order valence-corrected chi connectivity index (χ4v) is 5.80. The molecule has 2 fully saturated rings. The summed E-state index contributed by atoms with van der Waals surface area (Å²) in [4.78, 5) is 35.6. The van der Waals surface area contributed by atoms with Crippen molar-refractivity contribution < 1.29 is 38.1 Å². The van der Waals surface area contributed by atoms with Gasteiger partial charge in [-0.2, -0.15) is 11.8 Å². The minimum atomic E-state index is -0.182. The van der Waals surface area contributed by atoms with Crippen LogP contribution >= 0.6 is 11.8 Å². The van der Waals surface area contributed by atoms with E-state index < -0.39 is 0 Å². The number of nitrogens with one attached hydrogen (secondary N) is 2. The molecule has 0 radical (unpaired) electrons. The van der Waals surface area contributed by atoms with Crippen molar-refractivity contribution >= 4 is 29.5 Å². The number of thioether (sulfide) groups is 1. The molecule has 2 heterocycles. The van der Waals surface area contributed by atoms with Gasteiger partial charge >= 0.3 is 0 Å². The van der Waals surface area contributed by atoms with Crippen LogP contribution < -0.4 is 16.4 Å². The van der Waals surface area contributed by atoms with Crippen LogP contribution in [0.4, 0.5) is 0 Å². The molecular formula is C25H45N3O8S. The highest BCUT2D eigenvalue weighted by Gasteiger charge is 2.50. The van der Waals surface area contributed by atoms with Gasteiger partial charge in [0.2, 0.25) is 17.7 Å². The Hall–Kier alpha value is -1.28. The van der Waals surface area contributed by atoms with Crippen LogP contribution in [0.2, 0.25) is 0 Å². The molecule has 0 saturated carbocycles. The Morgan fingerprint density at radius 2 is 1.38 bits per heavy atom. The van der Waals surface area contributed by atoms with Crippen LogP contribution in [0.5, 0.6) is 0 Å². The molecule has 0 aromatic heterocycles. The quantitative estimate of drug-likeness (QED) is 0.115. The first-order chi connectivity index (χ1) is 18.1. The lowest BCUT2D eigenvalue weighted by Gasteiger charge is -2.14. The van der Waals surface area contributed by atoms with Crippen LogP contribution in [0, 0.1) is 11.8 Å². The maximum absolute atomic E-state index is 12.0. The van der Waals surface area contributed by atoms with E-state index in [1.54, 1.807) is 11.8 Å². The van der Waals surface area contributed by atoms with E-state index in [0.717, 1.165) is 37.9 Å². The number of imide groups is 1. The van der Waals surface area contributed by atoms with Crippen molar-refractivity contribution in [1.82, 2.24) is 10.6 Å². The number of unbranched alkanes of at least 4 members (excludes halogenated alkanes) is 1. The minimum Gasteiger partial charge on any atom is -0.379 e. The van der Waals surface area contributed by atoms with Crippen molar-refractivity contribution in [2.45, 2.75) is 43.8 Å². The van der Waals surface area contributed by atoms with Gasteiger partial charge in [-0.1, -0.05) is 6.42 Å². The molecule has 2 rings (SSSR count). The van der Waals surface area contributed by atoms with Crippen LogP contribution in [0.1, 0.15) is 38.5 Å². The first-order valence-electron chi connectivity index (χ1n) is 13.4. The molecule has 0 unspecified atom stereocenters. The summed E-state index contributed by atoms with van der Waals surface area (Å²) in [6.45, 7) is 6.67. The fraction of sp³-hybridized carbons (Fsp3) is 0.880. The normalized spacial score (nSPS) is 20.8. The number of carbonyl (C=O) groups excluding carboxylic acids is 3. The van der Waals surface area contributed by atoms with Crippen LogP contribution in [0.15, 0.2) is 0 Å². The van der Waals surface area contributed by atoms with Gasteiger partial charge in [-0.3, -0.25) is 19.7 Å². The van der Waals surface area contributed by atoms with Gasteiger partial charge in [-0.15, -0.1) is 0 Å². The summed E-state index contributed by atoms with van der Waals surface area (Å²) < 4.78 is 27.1. The molecule has 4 N–H and O–H groups in total. The zero-order chi connectivity index (χ0) is 26.6. The number of amides is 3. The summed E-state index contributed by atoms with van der Waals surface area (Å²) in [6, 6.07) is 0. The van der Waals surface area contributed by atoms with Crippen molar-refractivity contribution in [3.63, 3.8) is 0 Å². The van der Waals surface area contributed by atoms with Gasteiger partial charge < -0.3 is 34.7 Å². The summed E-state index contributed by atoms with van der Waals surface area (Å²) in [6.07, 6.45) is 4.61. The number of fused-ring (bicyclic) bond motifs is 1. The first-order valence-corrected chi connectivity index (χ1v) is 14.5. The largest absolute Gasteiger partial charge is 0.379 e. The van der Waals surface area contributed by atoms with E-state index in [9.17, 15) is 14.4 Å². The number of rotatable bonds is 24. The van der Waals surface area contributed by atoms with Crippen molar-refractivity contribution in [2.75, 3.05) is 84.9 Å². The Morgan fingerprint density at radius 1 is 0.811 bits per heavy atom. The van der Waals surface area contributed by atoms with E-state index in [0.29, 0.717) is 85.6 Å². The SMILES string of the molecule is NCCCOCCOCCOCCOCCOCCCNC(=O)CCCC[C@@H]1SC[C@@H]2C(=O)NC(=O)[C@H]12. The second-order valence-corrected chi connectivity index (χ2v) is 10.3. The number of hydrogen-bond acceptors (Lipinski definition) is 10. The van der Waals surface area contributed by atoms with Crippen molar-refractivity contribution in [3.8, 4) is 0 Å². The highest BCUT2D eigenvalue weighted by atomic mass is 32.2. The molecule has 0 aromatic rings. The van der Waals surface area contributed by atoms with Gasteiger partial charge in [-0.25, -0.2) is 0 Å². The molecule has 2 saturated heterocycles. The third-order valence-corrected chi connectivity index (χ3v) is 7.63. The van der Waals surface area contributed by atoms with E-state index in [2.05, 4.69) is 10.6 Å². The molecule has 0 aliphatic carbocycles. The topological polar surface area (TPSA) is 147 Å². The molecule has 12 heteroatoms. The van der Waals surface area contributed by atoms with Gasteiger partial charge in [0.05, 0.1) is 64.7 Å². The van der Waals surface area contributed by atoms with Gasteiger partial charge in [-0.05, 0) is 32.2 Å². The first kappa shape index (κ1) is 31.9. The maximum Gasteiger partial charge on any atom is 0.231 e. The van der Waals surface area contributed by atoms with Crippen molar-refractivity contribution in [1.29, 1.82) is 0 Å². The van der Waals surface area contributed by atoms with Gasteiger partial charge in [0, 0.05) is 37.2 Å². The molecule has 214 valence electrons. The molecule has 11 nitrogen and oxygen atoms in total. The minimum absolute atomic E-state index is 0.0373. The standard InChI is InChI=1S/C25H45N3O8S/c26-7-3-9-32-11-13-34-15-17-36-18-16-35-14-12-33-10-4-8-27-22(29)6-2-1-5-21-23-20(19-37-21)24(30)28-25(23)31/h20-21,23H,1-19,26H2,(H,27,29)(H,28,30,31)/t20-,21-,23-/m0/s1. The van der Waals surface area contributed by atoms with Gasteiger partial charge in [0.15, 0.2) is 0 Å². The summed E-state index contributed by atoms with van der Waals surface area (Å²) in [5, 5.41) is 5.54. The number of ether oxygens (including phenoxy) is 5. The Labute approximate surface area is 224 Å². The average Bonchev–Trinajstić information content (AvgIpc) is 3.44. The number of carbonyl (C=O) groups is 3. The summed E-state index contributed by atoms with van der Waals surface area (Å²) in [5.41, 5.74) is 5.38. The third kappa shape index (κ3) is 13.9. The lowest BCUT2D eigenvalue weighted by molar-refractivity contribution is -0.126. The lowest BCUT2D eigenvalue weighted by Crippen LogP contribution is -2.27. The van der Waals surface area contributed by atoms with Crippen LogP contribution in [-0.4, -0.2) is 108 Å². The van der Waals surface area contributed by atoms with E-state index in [-0.39, 0.29) is 34.8 Å². The highest BCUT2D eigenvalue weighted by Crippen LogP contribution is 2.42. The number of nitrogens with two attached hydrogens (primary N) is 1. The average molecular weight is 548 g/mol. The zero-order valence-electron chi connectivity index (χ0n) is 21.9. The molecule has 0 spiro atoms. The third-order valence-electron chi connectivity index (χ3n) is 6.12. The molecule has 3 atom stereocenters. The fourth-order valence-electron chi connectivity index (χ4n) is 4.13. The smallest absolute Gasteiger partial charge is 0.231 e. The summed E-state index contributed by atoms with van der Waals surface area (Å²) in [5.74, 6) is 0.167. The number of hydrogen-bond donors (Lipinski definition) is 3. The molecule has 2 aliphatic heterocycles. The van der Waals surface area contributed by atoms with Crippen molar-refractivity contribution in [2.24, 2.45) is 17.6 Å². The van der Waals surface area contributed by atoms with Crippen LogP contribution in [-0.2, 0) is 38.1 Å². The van der Waals surface area contributed by atoms with Crippen LogP contribution in [0.3, 0.4) is 0 Å². The second kappa shape index (κ2) is 20.7. The lowest BCUT2D eigenvalue weighted by atomic mass is 9.91.